The van der Waals surface area contributed by atoms with E-state index >= 15 is 0 Å². The van der Waals surface area contributed by atoms with E-state index in [1.165, 1.54) is 0 Å². The highest BCUT2D eigenvalue weighted by atomic mass is 127. The SMILES string of the molecule is NC=C(C=NPI)c1ccc(Nc2nn(-c3cccc(N)c3)c3ccccc23)cc1. The molecule has 1 unspecified atom stereocenters. The molecule has 0 fully saturated rings. The Morgan fingerprint density at radius 1 is 1.07 bits per heavy atom. The number of fused-ring (bicyclic) bond motifs is 1. The molecule has 8 heteroatoms. The normalized spacial score (nSPS) is 12.4. The van der Waals surface area contributed by atoms with Gasteiger partial charge in [0.1, 0.15) is 0 Å². The average Bonchev–Trinajstić information content (AvgIpc) is 3.14. The molecule has 0 amide bonds. The minimum Gasteiger partial charge on any atom is -0.404 e. The van der Waals surface area contributed by atoms with Crippen LogP contribution in [0.25, 0.3) is 22.2 Å². The Kier molecular flexibility index (Phi) is 6.30. The molecule has 0 radical (unpaired) electrons. The van der Waals surface area contributed by atoms with E-state index in [0.29, 0.717) is 12.1 Å². The average molecular weight is 526 g/mol. The number of allylic oxidation sites excluding steroid dienone is 1. The molecular formula is C22H20IN6P. The molecule has 30 heavy (non-hydrogen) atoms. The second-order valence-corrected chi connectivity index (χ2v) is 8.41. The third kappa shape index (κ3) is 4.32. The number of nitrogens with two attached hydrogens (primary N) is 2. The van der Waals surface area contributed by atoms with Gasteiger partial charge in [-0.1, -0.05) is 30.3 Å². The Morgan fingerprint density at radius 3 is 2.60 bits per heavy atom. The molecule has 0 saturated carbocycles. The van der Waals surface area contributed by atoms with Crippen LogP contribution in [0.5, 0.6) is 0 Å². The predicted octanol–water partition coefficient (Wildman–Crippen LogP) is 5.67. The molecule has 150 valence electrons. The van der Waals surface area contributed by atoms with Gasteiger partial charge in [-0.2, -0.15) is 0 Å². The van der Waals surface area contributed by atoms with E-state index in [0.717, 1.165) is 39.2 Å². The van der Waals surface area contributed by atoms with Crippen LogP contribution in [0.2, 0.25) is 0 Å². The number of hydrogen-bond donors (Lipinski definition) is 3. The first-order chi connectivity index (χ1) is 14.7. The highest BCUT2D eigenvalue weighted by Crippen LogP contribution is 2.29. The Hall–Kier alpha value is -2.90. The molecule has 0 bridgehead atoms. The van der Waals surface area contributed by atoms with Crippen molar-refractivity contribution in [3.8, 4) is 5.69 Å². The molecule has 1 heterocycles. The summed E-state index contributed by atoms with van der Waals surface area (Å²) in [7, 11) is 0. The molecule has 0 saturated heterocycles. The molecular weight excluding hydrogens is 506 g/mol. The van der Waals surface area contributed by atoms with Crippen molar-refractivity contribution < 1.29 is 0 Å². The van der Waals surface area contributed by atoms with E-state index < -0.39 is 0 Å². The first-order valence-corrected chi connectivity index (χ1v) is 13.3. The lowest BCUT2D eigenvalue weighted by molar-refractivity contribution is 0.915. The largest absolute Gasteiger partial charge is 0.404 e. The molecule has 6 nitrogen and oxygen atoms in total. The lowest BCUT2D eigenvalue weighted by atomic mass is 10.1. The zero-order chi connectivity index (χ0) is 20.9. The van der Waals surface area contributed by atoms with Crippen LogP contribution >= 0.6 is 28.4 Å². The van der Waals surface area contributed by atoms with Gasteiger partial charge in [0, 0.05) is 34.7 Å². The van der Waals surface area contributed by atoms with E-state index in [1.807, 2.05) is 71.4 Å². The van der Waals surface area contributed by atoms with Crippen LogP contribution in [0.1, 0.15) is 5.56 Å². The highest BCUT2D eigenvalue weighted by molar-refractivity contribution is 14.2. The molecule has 5 N–H and O–H groups in total. The van der Waals surface area contributed by atoms with Crippen molar-refractivity contribution >= 4 is 68.3 Å². The van der Waals surface area contributed by atoms with Crippen molar-refractivity contribution in [1.82, 2.24) is 9.78 Å². The monoisotopic (exact) mass is 526 g/mol. The zero-order valence-electron chi connectivity index (χ0n) is 16.0. The summed E-state index contributed by atoms with van der Waals surface area (Å²) >= 11 is 2.22. The quantitative estimate of drug-likeness (QED) is 0.131. The van der Waals surface area contributed by atoms with Crippen molar-refractivity contribution in [1.29, 1.82) is 0 Å². The predicted molar refractivity (Wildman–Crippen MR) is 138 cm³/mol. The summed E-state index contributed by atoms with van der Waals surface area (Å²) in [6, 6.07) is 23.9. The summed E-state index contributed by atoms with van der Waals surface area (Å²) in [5.41, 5.74) is 17.2. The Bertz CT molecular complexity index is 1230. The lowest BCUT2D eigenvalue weighted by Gasteiger charge is -2.06. The van der Waals surface area contributed by atoms with E-state index in [2.05, 4.69) is 38.2 Å². The van der Waals surface area contributed by atoms with Crippen molar-refractivity contribution in [2.45, 2.75) is 0 Å². The van der Waals surface area contributed by atoms with Crippen molar-refractivity contribution in [2.75, 3.05) is 11.1 Å². The Labute approximate surface area is 189 Å². The van der Waals surface area contributed by atoms with Crippen LogP contribution in [0, 0.1) is 0 Å². The van der Waals surface area contributed by atoms with Crippen LogP contribution in [0.15, 0.2) is 83.8 Å². The number of aromatic nitrogens is 2. The fourth-order valence-corrected chi connectivity index (χ4v) is 3.81. The Morgan fingerprint density at radius 2 is 1.87 bits per heavy atom. The number of rotatable bonds is 6. The molecule has 4 aromatic rings. The molecule has 1 atom stereocenters. The van der Waals surface area contributed by atoms with Crippen molar-refractivity contribution in [3.63, 3.8) is 0 Å². The molecule has 3 aromatic carbocycles. The summed E-state index contributed by atoms with van der Waals surface area (Å²) in [6.07, 6.45) is 3.84. The topological polar surface area (TPSA) is 94.2 Å². The second-order valence-electron chi connectivity index (χ2n) is 6.54. The summed E-state index contributed by atoms with van der Waals surface area (Å²) in [4.78, 5) is 0. The molecule has 1 aromatic heterocycles. The summed E-state index contributed by atoms with van der Waals surface area (Å²) in [5.74, 6) is 0.781. The van der Waals surface area contributed by atoms with Gasteiger partial charge in [0.05, 0.1) is 17.6 Å². The van der Waals surface area contributed by atoms with Gasteiger partial charge in [0.2, 0.25) is 0 Å². The van der Waals surface area contributed by atoms with Gasteiger partial charge in [-0.25, -0.2) is 4.68 Å². The van der Waals surface area contributed by atoms with Crippen molar-refractivity contribution in [2.24, 2.45) is 10.5 Å². The van der Waals surface area contributed by atoms with Gasteiger partial charge in [-0.3, -0.25) is 4.76 Å². The van der Waals surface area contributed by atoms with Gasteiger partial charge in [-0.15, -0.1) is 5.10 Å². The van der Waals surface area contributed by atoms with Crippen LogP contribution in [0.4, 0.5) is 17.2 Å². The number of anilines is 3. The second kappa shape index (κ2) is 9.28. The third-order valence-electron chi connectivity index (χ3n) is 4.62. The minimum atomic E-state index is 0.469. The molecule has 0 aliphatic rings. The fourth-order valence-electron chi connectivity index (χ4n) is 3.20. The Balaban J connectivity index is 1.67. The zero-order valence-corrected chi connectivity index (χ0v) is 19.1. The number of nitrogens with one attached hydrogen (secondary N) is 1. The standard InChI is InChI=1S/C22H20IN6P/c23-30-26-14-16(13-24)15-8-10-18(11-9-15)27-22-20-6-1-2-7-21(20)29(28-22)19-5-3-4-17(25)12-19/h1-14,30H,24-25H2,(H,27,28). The maximum atomic E-state index is 5.97. The van der Waals surface area contributed by atoms with E-state index in [4.69, 9.17) is 16.6 Å². The first-order valence-electron chi connectivity index (χ1n) is 9.21. The van der Waals surface area contributed by atoms with Gasteiger partial charge in [0.15, 0.2) is 5.82 Å². The van der Waals surface area contributed by atoms with E-state index in [9.17, 15) is 0 Å². The van der Waals surface area contributed by atoms with Crippen LogP contribution in [0.3, 0.4) is 0 Å². The summed E-state index contributed by atoms with van der Waals surface area (Å²) in [5, 5.41) is 9.27. The smallest absolute Gasteiger partial charge is 0.160 e. The number of para-hydroxylation sites is 1. The number of nitrogens with zero attached hydrogens (tertiary/aromatic N) is 3. The summed E-state index contributed by atoms with van der Waals surface area (Å²) in [6.45, 7) is 0. The number of nitrogen functional groups attached to an aromatic ring is 1. The minimum absolute atomic E-state index is 0.469. The van der Waals surface area contributed by atoms with Crippen LogP contribution in [-0.4, -0.2) is 16.0 Å². The van der Waals surface area contributed by atoms with Crippen LogP contribution < -0.4 is 16.8 Å². The van der Waals surface area contributed by atoms with Crippen LogP contribution in [-0.2, 0) is 0 Å². The number of halogens is 1. The third-order valence-corrected chi connectivity index (χ3v) is 5.68. The maximum Gasteiger partial charge on any atom is 0.160 e. The van der Waals surface area contributed by atoms with Gasteiger partial charge in [0.25, 0.3) is 0 Å². The van der Waals surface area contributed by atoms with Crippen molar-refractivity contribution in [3.05, 3.63) is 84.6 Å². The van der Waals surface area contributed by atoms with E-state index in [-0.39, 0.29) is 0 Å². The lowest BCUT2D eigenvalue weighted by Crippen LogP contribution is -1.99. The van der Waals surface area contributed by atoms with Gasteiger partial charge < -0.3 is 16.8 Å². The van der Waals surface area contributed by atoms with Gasteiger partial charge in [-0.05, 0) is 70.1 Å². The maximum absolute atomic E-state index is 5.97. The fraction of sp³-hybridized carbons (Fsp3) is 0. The molecule has 0 aliphatic carbocycles. The molecule has 0 spiro atoms. The van der Waals surface area contributed by atoms with Gasteiger partial charge >= 0.3 is 0 Å². The van der Waals surface area contributed by atoms with E-state index in [1.54, 1.807) is 12.4 Å². The number of benzene rings is 3. The molecule has 4 rings (SSSR count). The number of hydrogen-bond acceptors (Lipinski definition) is 5. The summed E-state index contributed by atoms with van der Waals surface area (Å²) < 4.78 is 6.19. The highest BCUT2D eigenvalue weighted by Gasteiger charge is 2.12. The molecule has 0 aliphatic heterocycles. The first kappa shape index (κ1) is 20.4.